The summed E-state index contributed by atoms with van der Waals surface area (Å²) in [5.74, 6) is -0.864. The van der Waals surface area contributed by atoms with Gasteiger partial charge in [-0.2, -0.15) is 0 Å². The van der Waals surface area contributed by atoms with Crippen molar-refractivity contribution in [3.63, 3.8) is 0 Å². The fraction of sp³-hybridized carbons (Fsp3) is 0.120. The van der Waals surface area contributed by atoms with Crippen molar-refractivity contribution >= 4 is 27.0 Å². The minimum atomic E-state index is -3.76. The third kappa shape index (κ3) is 5.16. The Morgan fingerprint density at radius 2 is 1.74 bits per heavy atom. The van der Waals surface area contributed by atoms with Crippen LogP contribution < -0.4 is 14.9 Å². The maximum absolute atomic E-state index is 12.5. The van der Waals surface area contributed by atoms with Gasteiger partial charge in [0.2, 0.25) is 10.0 Å². The predicted octanol–water partition coefficient (Wildman–Crippen LogP) is 3.75. The quantitative estimate of drug-likeness (QED) is 0.306. The average molecular weight is 480 g/mol. The number of fused-ring (bicyclic) bond motifs is 1. The van der Waals surface area contributed by atoms with E-state index in [1.165, 1.54) is 24.3 Å². The van der Waals surface area contributed by atoms with Crippen molar-refractivity contribution in [1.29, 1.82) is 0 Å². The smallest absolute Gasteiger partial charge is 0.312 e. The molecule has 0 aliphatic heterocycles. The number of rotatable bonds is 7. The number of hydrogen-bond acceptors (Lipinski definition) is 7. The lowest BCUT2D eigenvalue weighted by molar-refractivity contribution is -0.134. The van der Waals surface area contributed by atoms with E-state index in [4.69, 9.17) is 9.15 Å². The molecule has 174 valence electrons. The molecule has 9 heteroatoms. The van der Waals surface area contributed by atoms with Crippen molar-refractivity contribution in [2.24, 2.45) is 0 Å². The second kappa shape index (κ2) is 9.50. The number of nitrogens with one attached hydrogen (secondary N) is 1. The molecule has 3 aromatic carbocycles. The summed E-state index contributed by atoms with van der Waals surface area (Å²) in [6.45, 7) is 1.67. The number of carbonyl (C=O) groups excluding carboxylic acids is 1. The number of phenols is 1. The molecule has 1 aromatic heterocycles. The predicted molar refractivity (Wildman–Crippen MR) is 126 cm³/mol. The Labute approximate surface area is 195 Å². The molecule has 0 saturated carbocycles. The number of hydrogen-bond donors (Lipinski definition) is 2. The molecule has 0 unspecified atom stereocenters. The van der Waals surface area contributed by atoms with Gasteiger partial charge in [-0.05, 0) is 19.1 Å². The highest BCUT2D eigenvalue weighted by Gasteiger charge is 2.17. The van der Waals surface area contributed by atoms with Crippen LogP contribution in [0.1, 0.15) is 12.0 Å². The third-order valence-corrected chi connectivity index (χ3v) is 6.50. The summed E-state index contributed by atoms with van der Waals surface area (Å²) in [7, 11) is -3.76. The third-order valence-electron chi connectivity index (χ3n) is 5.03. The van der Waals surface area contributed by atoms with Crippen molar-refractivity contribution in [3.8, 4) is 22.8 Å². The number of aryl methyl sites for hydroxylation is 1. The van der Waals surface area contributed by atoms with Gasteiger partial charge in [-0.1, -0.05) is 48.0 Å². The molecule has 0 spiro atoms. The zero-order chi connectivity index (χ0) is 24.3. The van der Waals surface area contributed by atoms with Gasteiger partial charge in [0.1, 0.15) is 28.2 Å². The first-order chi connectivity index (χ1) is 16.2. The molecule has 8 nitrogen and oxygen atoms in total. The fourth-order valence-electron chi connectivity index (χ4n) is 3.32. The molecule has 0 fully saturated rings. The van der Waals surface area contributed by atoms with Crippen LogP contribution in [0.4, 0.5) is 0 Å². The van der Waals surface area contributed by atoms with Crippen LogP contribution in [0.3, 0.4) is 0 Å². The van der Waals surface area contributed by atoms with Crippen LogP contribution >= 0.6 is 0 Å². The van der Waals surface area contributed by atoms with Crippen LogP contribution in [0.5, 0.6) is 11.5 Å². The van der Waals surface area contributed by atoms with Crippen LogP contribution in [0, 0.1) is 6.92 Å². The summed E-state index contributed by atoms with van der Waals surface area (Å²) < 4.78 is 38.0. The highest BCUT2D eigenvalue weighted by atomic mass is 32.2. The standard InChI is InChI=1S/C25H21NO7S/c1-16-7-9-19(10-8-16)34(30,31)26-12-11-24(29)32-18-13-20(27)25-21(28)15-22(33-23(25)14-18)17-5-3-2-4-6-17/h2-10,13-15,26-27H,11-12H2,1H3. The first kappa shape index (κ1) is 23.2. The zero-order valence-electron chi connectivity index (χ0n) is 18.1. The Morgan fingerprint density at radius 3 is 2.44 bits per heavy atom. The van der Waals surface area contributed by atoms with Crippen molar-refractivity contribution in [3.05, 3.63) is 88.6 Å². The zero-order valence-corrected chi connectivity index (χ0v) is 19.0. The van der Waals surface area contributed by atoms with E-state index in [9.17, 15) is 23.1 Å². The molecule has 2 N–H and O–H groups in total. The number of esters is 1. The van der Waals surface area contributed by atoms with Crippen molar-refractivity contribution < 1.29 is 27.5 Å². The molecule has 34 heavy (non-hydrogen) atoms. The SMILES string of the molecule is Cc1ccc(S(=O)(=O)NCCC(=O)Oc2cc(O)c3c(=O)cc(-c4ccccc4)oc3c2)cc1. The van der Waals surface area contributed by atoms with E-state index in [1.807, 2.05) is 13.0 Å². The average Bonchev–Trinajstić information content (AvgIpc) is 2.79. The molecule has 4 aromatic rings. The van der Waals surface area contributed by atoms with Gasteiger partial charge in [0.15, 0.2) is 5.43 Å². The highest BCUT2D eigenvalue weighted by Crippen LogP contribution is 2.31. The Kier molecular flexibility index (Phi) is 6.49. The Morgan fingerprint density at radius 1 is 1.03 bits per heavy atom. The molecular weight excluding hydrogens is 458 g/mol. The van der Waals surface area contributed by atoms with Crippen LogP contribution in [0.2, 0.25) is 0 Å². The minimum absolute atomic E-state index is 0.0367. The molecule has 0 saturated heterocycles. The molecule has 0 aliphatic carbocycles. The van der Waals surface area contributed by atoms with Crippen LogP contribution in [0.15, 0.2) is 86.9 Å². The Bertz CT molecular complexity index is 1510. The monoisotopic (exact) mass is 479 g/mol. The normalized spacial score (nSPS) is 11.4. The molecule has 0 bridgehead atoms. The van der Waals surface area contributed by atoms with E-state index < -0.39 is 27.2 Å². The first-order valence-corrected chi connectivity index (χ1v) is 11.8. The van der Waals surface area contributed by atoms with Crippen LogP contribution in [0.25, 0.3) is 22.3 Å². The summed E-state index contributed by atoms with van der Waals surface area (Å²) in [4.78, 5) is 24.8. The van der Waals surface area contributed by atoms with Gasteiger partial charge in [0, 0.05) is 30.3 Å². The van der Waals surface area contributed by atoms with Gasteiger partial charge in [0.05, 0.1) is 11.3 Å². The number of phenolic OH excluding ortho intramolecular Hbond substituents is 1. The maximum atomic E-state index is 12.5. The van der Waals surface area contributed by atoms with Gasteiger partial charge in [0.25, 0.3) is 0 Å². The molecule has 4 rings (SSSR count). The molecule has 1 heterocycles. The van der Waals surface area contributed by atoms with Crippen molar-refractivity contribution in [2.75, 3.05) is 6.54 Å². The van der Waals surface area contributed by atoms with Crippen LogP contribution in [-0.2, 0) is 14.8 Å². The van der Waals surface area contributed by atoms with Gasteiger partial charge < -0.3 is 14.3 Å². The lowest BCUT2D eigenvalue weighted by atomic mass is 10.1. The summed E-state index contributed by atoms with van der Waals surface area (Å²) in [6, 6.07) is 19.0. The second-order valence-electron chi connectivity index (χ2n) is 7.59. The number of carbonyl (C=O) groups is 1. The molecule has 0 radical (unpaired) electrons. The molecule has 0 amide bonds. The largest absolute Gasteiger partial charge is 0.507 e. The van der Waals surface area contributed by atoms with Gasteiger partial charge in [-0.25, -0.2) is 13.1 Å². The molecule has 0 atom stereocenters. The second-order valence-corrected chi connectivity index (χ2v) is 9.36. The van der Waals surface area contributed by atoms with Gasteiger partial charge in [-0.15, -0.1) is 0 Å². The van der Waals surface area contributed by atoms with E-state index in [-0.39, 0.29) is 34.6 Å². The molecule has 0 aliphatic rings. The van der Waals surface area contributed by atoms with Gasteiger partial charge in [-0.3, -0.25) is 9.59 Å². The number of aromatic hydroxyl groups is 1. The van der Waals surface area contributed by atoms with Crippen molar-refractivity contribution in [2.45, 2.75) is 18.2 Å². The summed E-state index contributed by atoms with van der Waals surface area (Å²) in [5, 5.41) is 10.3. The topological polar surface area (TPSA) is 123 Å². The van der Waals surface area contributed by atoms with E-state index in [0.717, 1.165) is 11.6 Å². The van der Waals surface area contributed by atoms with Gasteiger partial charge >= 0.3 is 5.97 Å². The molecular formula is C25H21NO7S. The number of benzene rings is 3. The van der Waals surface area contributed by atoms with E-state index in [2.05, 4.69) is 4.72 Å². The summed E-state index contributed by atoms with van der Waals surface area (Å²) in [6.07, 6.45) is -0.252. The van der Waals surface area contributed by atoms with Crippen LogP contribution in [-0.4, -0.2) is 26.0 Å². The lowest BCUT2D eigenvalue weighted by Crippen LogP contribution is -2.27. The van der Waals surface area contributed by atoms with E-state index in [1.54, 1.807) is 36.4 Å². The first-order valence-electron chi connectivity index (χ1n) is 10.4. The van der Waals surface area contributed by atoms with E-state index >= 15 is 0 Å². The number of sulfonamides is 1. The lowest BCUT2D eigenvalue weighted by Gasteiger charge is -2.09. The minimum Gasteiger partial charge on any atom is -0.507 e. The maximum Gasteiger partial charge on any atom is 0.312 e. The Hall–Kier alpha value is -3.95. The number of ether oxygens (including phenoxy) is 1. The highest BCUT2D eigenvalue weighted by molar-refractivity contribution is 7.89. The Balaban J connectivity index is 1.47. The summed E-state index contributed by atoms with van der Waals surface area (Å²) >= 11 is 0. The summed E-state index contributed by atoms with van der Waals surface area (Å²) in [5.41, 5.74) is 1.20. The fourth-order valence-corrected chi connectivity index (χ4v) is 4.35. The van der Waals surface area contributed by atoms with Crippen molar-refractivity contribution in [1.82, 2.24) is 4.72 Å². The van der Waals surface area contributed by atoms with E-state index in [0.29, 0.717) is 11.3 Å².